The van der Waals surface area contributed by atoms with E-state index < -0.39 is 0 Å². The van der Waals surface area contributed by atoms with Crippen molar-refractivity contribution in [3.8, 4) is 0 Å². The minimum Gasteiger partial charge on any atom is -0.376 e. The lowest BCUT2D eigenvalue weighted by Gasteiger charge is -2.19. The number of hydrogen-bond acceptors (Lipinski definition) is 2. The van der Waals surface area contributed by atoms with Crippen LogP contribution in [0.2, 0.25) is 0 Å². The van der Waals surface area contributed by atoms with Crippen LogP contribution in [-0.2, 0) is 9.47 Å². The van der Waals surface area contributed by atoms with E-state index in [0.717, 1.165) is 0 Å². The summed E-state index contributed by atoms with van der Waals surface area (Å²) < 4.78 is 11.0. The molecule has 0 radical (unpaired) electrons. The lowest BCUT2D eigenvalue weighted by Crippen LogP contribution is -2.26. The monoisotopic (exact) mass is 240 g/mol. The molecule has 2 heteroatoms. The van der Waals surface area contributed by atoms with Crippen LogP contribution in [0.15, 0.2) is 48.5 Å². The van der Waals surface area contributed by atoms with Gasteiger partial charge in [0.1, 0.15) is 0 Å². The quantitative estimate of drug-likeness (QED) is 0.802. The highest BCUT2D eigenvalue weighted by atomic mass is 16.6. The van der Waals surface area contributed by atoms with Gasteiger partial charge in [-0.1, -0.05) is 54.6 Å². The first-order chi connectivity index (χ1) is 8.93. The van der Waals surface area contributed by atoms with Crippen molar-refractivity contribution in [2.75, 3.05) is 19.8 Å². The highest BCUT2D eigenvalue weighted by Gasteiger charge is 2.10. The molecule has 0 aliphatic carbocycles. The Labute approximate surface area is 107 Å². The zero-order chi connectivity index (χ0) is 12.2. The van der Waals surface area contributed by atoms with Gasteiger partial charge in [-0.2, -0.15) is 0 Å². The number of rotatable bonds is 2. The Morgan fingerprint density at radius 2 is 1.89 bits per heavy atom. The first-order valence-corrected chi connectivity index (χ1v) is 6.29. The van der Waals surface area contributed by atoms with Crippen LogP contribution in [0.25, 0.3) is 16.8 Å². The summed E-state index contributed by atoms with van der Waals surface area (Å²) in [5.74, 6) is 0. The van der Waals surface area contributed by atoms with Crippen molar-refractivity contribution >= 4 is 16.8 Å². The van der Waals surface area contributed by atoms with E-state index in [9.17, 15) is 0 Å². The van der Waals surface area contributed by atoms with E-state index in [1.807, 2.05) is 0 Å². The molecule has 1 aliphatic rings. The first kappa shape index (κ1) is 11.5. The minimum absolute atomic E-state index is 0.0812. The normalized spacial score (nSPS) is 20.6. The molecule has 0 spiro atoms. The molecule has 92 valence electrons. The van der Waals surface area contributed by atoms with Crippen molar-refractivity contribution in [2.45, 2.75) is 6.10 Å². The standard InChI is InChI=1S/C16H16O2/c1-2-7-16-13(4-1)5-3-6-14(16)8-9-15-12-17-10-11-18-15/h1-9,15H,10-12H2/b9-8+. The molecule has 0 bridgehead atoms. The fourth-order valence-electron chi connectivity index (χ4n) is 2.22. The highest BCUT2D eigenvalue weighted by Crippen LogP contribution is 2.20. The van der Waals surface area contributed by atoms with Crippen molar-refractivity contribution in [1.29, 1.82) is 0 Å². The fourth-order valence-corrected chi connectivity index (χ4v) is 2.22. The van der Waals surface area contributed by atoms with Crippen LogP contribution in [0.4, 0.5) is 0 Å². The zero-order valence-electron chi connectivity index (χ0n) is 10.2. The van der Waals surface area contributed by atoms with Crippen molar-refractivity contribution in [3.63, 3.8) is 0 Å². The summed E-state index contributed by atoms with van der Waals surface area (Å²) in [6.07, 6.45) is 4.29. The second kappa shape index (κ2) is 5.34. The molecule has 0 saturated carbocycles. The lowest BCUT2D eigenvalue weighted by molar-refractivity contribution is -0.0672. The molecule has 1 heterocycles. The van der Waals surface area contributed by atoms with E-state index in [4.69, 9.17) is 9.47 Å². The average molecular weight is 240 g/mol. The summed E-state index contributed by atoms with van der Waals surface area (Å²) in [5, 5.41) is 2.54. The van der Waals surface area contributed by atoms with Gasteiger partial charge in [-0.25, -0.2) is 0 Å². The molecule has 1 atom stereocenters. The minimum atomic E-state index is 0.0812. The Morgan fingerprint density at radius 3 is 2.78 bits per heavy atom. The predicted octanol–water partition coefficient (Wildman–Crippen LogP) is 3.27. The molecule has 2 aromatic carbocycles. The summed E-state index contributed by atoms with van der Waals surface area (Å²) in [6.45, 7) is 2.05. The second-order valence-electron chi connectivity index (χ2n) is 4.41. The molecule has 0 amide bonds. The van der Waals surface area contributed by atoms with Gasteiger partial charge in [0.15, 0.2) is 0 Å². The third kappa shape index (κ3) is 2.45. The molecule has 2 aromatic rings. The summed E-state index contributed by atoms with van der Waals surface area (Å²) in [6, 6.07) is 14.8. The van der Waals surface area contributed by atoms with Crippen molar-refractivity contribution in [3.05, 3.63) is 54.1 Å². The molecule has 0 aromatic heterocycles. The second-order valence-corrected chi connectivity index (χ2v) is 4.41. The smallest absolute Gasteiger partial charge is 0.0993 e. The predicted molar refractivity (Wildman–Crippen MR) is 73.5 cm³/mol. The fraction of sp³-hybridized carbons (Fsp3) is 0.250. The molecule has 0 N–H and O–H groups in total. The van der Waals surface area contributed by atoms with Crippen LogP contribution in [-0.4, -0.2) is 25.9 Å². The van der Waals surface area contributed by atoms with Crippen LogP contribution in [0.3, 0.4) is 0 Å². The summed E-state index contributed by atoms with van der Waals surface area (Å²) >= 11 is 0. The number of benzene rings is 2. The Kier molecular flexibility index (Phi) is 3.40. The van der Waals surface area contributed by atoms with E-state index in [2.05, 4.69) is 54.6 Å². The summed E-state index contributed by atoms with van der Waals surface area (Å²) in [4.78, 5) is 0. The van der Waals surface area contributed by atoms with E-state index >= 15 is 0 Å². The van der Waals surface area contributed by atoms with Gasteiger partial charge in [-0.3, -0.25) is 0 Å². The highest BCUT2D eigenvalue weighted by molar-refractivity contribution is 5.90. The molecule has 1 saturated heterocycles. The van der Waals surface area contributed by atoms with E-state index in [0.29, 0.717) is 19.8 Å². The van der Waals surface area contributed by atoms with Gasteiger partial charge >= 0.3 is 0 Å². The molecule has 1 fully saturated rings. The Morgan fingerprint density at radius 1 is 1.00 bits per heavy atom. The maximum atomic E-state index is 5.60. The van der Waals surface area contributed by atoms with Gasteiger partial charge in [0, 0.05) is 0 Å². The van der Waals surface area contributed by atoms with Gasteiger partial charge in [0.2, 0.25) is 0 Å². The van der Waals surface area contributed by atoms with Crippen molar-refractivity contribution in [2.24, 2.45) is 0 Å². The van der Waals surface area contributed by atoms with Crippen molar-refractivity contribution in [1.82, 2.24) is 0 Å². The third-order valence-corrected chi connectivity index (χ3v) is 3.16. The molecule has 1 unspecified atom stereocenters. The topological polar surface area (TPSA) is 18.5 Å². The van der Waals surface area contributed by atoms with Gasteiger partial charge in [-0.05, 0) is 16.3 Å². The van der Waals surface area contributed by atoms with Crippen LogP contribution < -0.4 is 0 Å². The van der Waals surface area contributed by atoms with E-state index in [1.165, 1.54) is 16.3 Å². The van der Waals surface area contributed by atoms with Crippen LogP contribution in [0.5, 0.6) is 0 Å². The lowest BCUT2D eigenvalue weighted by atomic mass is 10.0. The molecule has 1 aliphatic heterocycles. The SMILES string of the molecule is C(=C\C1COCCO1)/c1cccc2ccccc12. The number of fused-ring (bicyclic) bond motifs is 1. The molecule has 3 rings (SSSR count). The van der Waals surface area contributed by atoms with E-state index in [1.54, 1.807) is 0 Å². The van der Waals surface area contributed by atoms with E-state index in [-0.39, 0.29) is 6.10 Å². The number of ether oxygens (including phenoxy) is 2. The molecular formula is C16H16O2. The molecule has 2 nitrogen and oxygen atoms in total. The first-order valence-electron chi connectivity index (χ1n) is 6.29. The average Bonchev–Trinajstić information content (AvgIpc) is 2.46. The van der Waals surface area contributed by atoms with Gasteiger partial charge in [0.25, 0.3) is 0 Å². The summed E-state index contributed by atoms with van der Waals surface area (Å²) in [5.41, 5.74) is 1.22. The van der Waals surface area contributed by atoms with Gasteiger partial charge in [0.05, 0.1) is 25.9 Å². The van der Waals surface area contributed by atoms with Crippen LogP contribution in [0.1, 0.15) is 5.56 Å². The Bertz CT molecular complexity index is 549. The van der Waals surface area contributed by atoms with Gasteiger partial charge in [-0.15, -0.1) is 0 Å². The van der Waals surface area contributed by atoms with Gasteiger partial charge < -0.3 is 9.47 Å². The van der Waals surface area contributed by atoms with Crippen LogP contribution >= 0.6 is 0 Å². The molecule has 18 heavy (non-hydrogen) atoms. The van der Waals surface area contributed by atoms with Crippen LogP contribution in [0, 0.1) is 0 Å². The number of hydrogen-bond donors (Lipinski definition) is 0. The van der Waals surface area contributed by atoms with Crippen molar-refractivity contribution < 1.29 is 9.47 Å². The maximum absolute atomic E-state index is 5.60. The zero-order valence-corrected chi connectivity index (χ0v) is 10.2. The maximum Gasteiger partial charge on any atom is 0.0993 e. The largest absolute Gasteiger partial charge is 0.376 e. The third-order valence-electron chi connectivity index (χ3n) is 3.16. The summed E-state index contributed by atoms with van der Waals surface area (Å²) in [7, 11) is 0. The Hall–Kier alpha value is -1.64. The Balaban J connectivity index is 1.87. The molecular weight excluding hydrogens is 224 g/mol.